The third kappa shape index (κ3) is 6.03. The van der Waals surface area contributed by atoms with Crippen LogP contribution >= 0.6 is 11.3 Å². The van der Waals surface area contributed by atoms with E-state index in [9.17, 15) is 9.59 Å². The number of hydrogen-bond donors (Lipinski definition) is 3. The Kier molecular flexibility index (Phi) is 7.63. The van der Waals surface area contributed by atoms with Crippen LogP contribution in [0.2, 0.25) is 0 Å². The van der Waals surface area contributed by atoms with Crippen molar-refractivity contribution in [3.63, 3.8) is 0 Å². The van der Waals surface area contributed by atoms with E-state index in [0.29, 0.717) is 23.2 Å². The average Bonchev–Trinajstić information content (AvgIpc) is 3.46. The van der Waals surface area contributed by atoms with E-state index in [1.165, 1.54) is 11.3 Å². The Morgan fingerprint density at radius 2 is 1.94 bits per heavy atom. The molecule has 4 rings (SSSR count). The number of anilines is 1. The van der Waals surface area contributed by atoms with E-state index in [1.807, 2.05) is 24.3 Å². The number of hydrogen-bond acceptors (Lipinski definition) is 8. The first kappa shape index (κ1) is 24.0. The molecule has 2 amide bonds. The summed E-state index contributed by atoms with van der Waals surface area (Å²) in [6.07, 6.45) is 0.824. The predicted octanol–water partition coefficient (Wildman–Crippen LogP) is 2.97. The van der Waals surface area contributed by atoms with Crippen LogP contribution < -0.4 is 15.5 Å². The molecule has 1 aliphatic heterocycles. The zero-order valence-corrected chi connectivity index (χ0v) is 20.5. The number of fused-ring (bicyclic) bond motifs is 1. The number of carbonyl (C=O) groups excluding carboxylic acids is 2. The second kappa shape index (κ2) is 10.8. The van der Waals surface area contributed by atoms with Crippen LogP contribution in [0, 0.1) is 5.92 Å². The van der Waals surface area contributed by atoms with E-state index < -0.39 is 12.3 Å². The van der Waals surface area contributed by atoms with Gasteiger partial charge in [-0.05, 0) is 31.5 Å². The fraction of sp³-hybridized carbons (Fsp3) is 0.478. The first-order chi connectivity index (χ1) is 16.4. The topological polar surface area (TPSA) is 115 Å². The van der Waals surface area contributed by atoms with Crippen molar-refractivity contribution in [3.05, 3.63) is 41.2 Å². The smallest absolute Gasteiger partial charge is 0.409 e. The molecule has 0 bridgehead atoms. The van der Waals surface area contributed by atoms with E-state index in [4.69, 9.17) is 4.74 Å². The molecular formula is C23H31N7O3S. The maximum absolute atomic E-state index is 13.1. The van der Waals surface area contributed by atoms with Gasteiger partial charge in [-0.2, -0.15) is 0 Å². The molecule has 34 heavy (non-hydrogen) atoms. The number of aromatic amines is 1. The van der Waals surface area contributed by atoms with E-state index in [0.717, 1.165) is 48.8 Å². The number of imidazole rings is 1. The standard InChI is InChI=1S/C23H31N7O3S/c1-15(2)8-13-33-23(32)28-20(19-25-16-6-4-5-7-17(16)26-19)27-21(31)18-14-24-22(34-18)30-11-9-29(3)10-12-30/h4-7,14-15,20H,8-13H2,1-3H3,(H,25,26)(H,27,31)(H,28,32). The van der Waals surface area contributed by atoms with Crippen molar-refractivity contribution < 1.29 is 14.3 Å². The van der Waals surface area contributed by atoms with Gasteiger partial charge in [-0.1, -0.05) is 37.3 Å². The number of carbonyl (C=O) groups is 2. The molecule has 2 aromatic heterocycles. The lowest BCUT2D eigenvalue weighted by molar-refractivity contribution is 0.0923. The number of benzene rings is 1. The van der Waals surface area contributed by atoms with Crippen molar-refractivity contribution in [2.45, 2.75) is 26.4 Å². The molecule has 0 aliphatic carbocycles. The fourth-order valence-electron chi connectivity index (χ4n) is 3.54. The van der Waals surface area contributed by atoms with Crippen LogP contribution in [0.15, 0.2) is 30.5 Å². The molecule has 1 atom stereocenters. The molecule has 0 spiro atoms. The number of thiazole rings is 1. The number of alkyl carbamates (subject to hydrolysis) is 1. The highest BCUT2D eigenvalue weighted by atomic mass is 32.1. The highest BCUT2D eigenvalue weighted by Gasteiger charge is 2.24. The SMILES string of the molecule is CC(C)CCOC(=O)NC(NC(=O)c1cnc(N2CCN(C)CC2)s1)c1nc2ccccc2[nH]1. The maximum Gasteiger partial charge on any atom is 0.409 e. The van der Waals surface area contributed by atoms with E-state index in [-0.39, 0.29) is 5.91 Å². The first-order valence-corrected chi connectivity index (χ1v) is 12.3. The summed E-state index contributed by atoms with van der Waals surface area (Å²) in [4.78, 5) is 42.6. The summed E-state index contributed by atoms with van der Waals surface area (Å²) in [5.74, 6) is 0.490. The molecule has 11 heteroatoms. The molecule has 1 aromatic carbocycles. The Morgan fingerprint density at radius 3 is 2.68 bits per heavy atom. The minimum Gasteiger partial charge on any atom is -0.450 e. The maximum atomic E-state index is 13.1. The van der Waals surface area contributed by atoms with Gasteiger partial charge >= 0.3 is 6.09 Å². The van der Waals surface area contributed by atoms with Crippen molar-refractivity contribution in [1.82, 2.24) is 30.5 Å². The molecule has 1 saturated heterocycles. The van der Waals surface area contributed by atoms with Crippen LogP contribution in [0.4, 0.5) is 9.93 Å². The molecule has 0 saturated carbocycles. The Labute approximate surface area is 202 Å². The van der Waals surface area contributed by atoms with Gasteiger partial charge < -0.3 is 24.8 Å². The van der Waals surface area contributed by atoms with Gasteiger partial charge in [0.2, 0.25) is 0 Å². The van der Waals surface area contributed by atoms with Crippen LogP contribution in [0.1, 0.15) is 41.9 Å². The van der Waals surface area contributed by atoms with Crippen LogP contribution in [0.5, 0.6) is 0 Å². The minimum atomic E-state index is -0.888. The summed E-state index contributed by atoms with van der Waals surface area (Å²) in [5, 5.41) is 6.41. The molecule has 3 heterocycles. The summed E-state index contributed by atoms with van der Waals surface area (Å²) >= 11 is 1.34. The normalized spacial score (nSPS) is 15.5. The summed E-state index contributed by atoms with van der Waals surface area (Å²) in [7, 11) is 2.09. The molecule has 0 radical (unpaired) electrons. The van der Waals surface area contributed by atoms with E-state index >= 15 is 0 Å². The van der Waals surface area contributed by atoms with Crippen LogP contribution in [-0.2, 0) is 4.74 Å². The van der Waals surface area contributed by atoms with Gasteiger partial charge in [0.15, 0.2) is 17.1 Å². The molecule has 1 aliphatic rings. The Hall–Kier alpha value is -3.18. The van der Waals surface area contributed by atoms with Gasteiger partial charge in [0.1, 0.15) is 4.88 Å². The predicted molar refractivity (Wildman–Crippen MR) is 132 cm³/mol. The number of amides is 2. The molecule has 1 unspecified atom stereocenters. The number of nitrogens with zero attached hydrogens (tertiary/aromatic N) is 4. The lowest BCUT2D eigenvalue weighted by atomic mass is 10.1. The highest BCUT2D eigenvalue weighted by molar-refractivity contribution is 7.17. The lowest BCUT2D eigenvalue weighted by Crippen LogP contribution is -2.44. The second-order valence-electron chi connectivity index (χ2n) is 8.81. The molecule has 10 nitrogen and oxygen atoms in total. The van der Waals surface area contributed by atoms with Crippen LogP contribution in [-0.4, -0.2) is 71.7 Å². The number of nitrogens with one attached hydrogen (secondary N) is 3. The molecule has 3 N–H and O–H groups in total. The fourth-order valence-corrected chi connectivity index (χ4v) is 4.42. The quantitative estimate of drug-likeness (QED) is 0.420. The third-order valence-corrected chi connectivity index (χ3v) is 6.70. The van der Waals surface area contributed by atoms with Gasteiger partial charge in [0.05, 0.1) is 23.8 Å². The number of rotatable bonds is 8. The number of likely N-dealkylation sites (N-methyl/N-ethyl adjacent to an activating group) is 1. The monoisotopic (exact) mass is 485 g/mol. The van der Waals surface area contributed by atoms with Crippen LogP contribution in [0.25, 0.3) is 11.0 Å². The average molecular weight is 486 g/mol. The van der Waals surface area contributed by atoms with Crippen molar-refractivity contribution in [2.75, 3.05) is 44.7 Å². The molecule has 182 valence electrons. The zero-order chi connectivity index (χ0) is 24.1. The number of H-pyrrole nitrogens is 1. The first-order valence-electron chi connectivity index (χ1n) is 11.5. The van der Waals surface area contributed by atoms with Gasteiger partial charge in [-0.25, -0.2) is 14.8 Å². The molecule has 3 aromatic rings. The minimum absolute atomic E-state index is 0.299. The van der Waals surface area contributed by atoms with E-state index in [2.05, 4.69) is 56.3 Å². The number of aromatic nitrogens is 3. The van der Waals surface area contributed by atoms with Crippen molar-refractivity contribution in [2.24, 2.45) is 5.92 Å². The van der Waals surface area contributed by atoms with E-state index in [1.54, 1.807) is 6.20 Å². The van der Waals surface area contributed by atoms with Crippen molar-refractivity contribution in [1.29, 1.82) is 0 Å². The van der Waals surface area contributed by atoms with Gasteiger partial charge in [-0.15, -0.1) is 0 Å². The zero-order valence-electron chi connectivity index (χ0n) is 19.7. The van der Waals surface area contributed by atoms with Gasteiger partial charge in [-0.3, -0.25) is 10.1 Å². The van der Waals surface area contributed by atoms with Crippen molar-refractivity contribution >= 4 is 39.5 Å². The number of para-hydroxylation sites is 2. The summed E-state index contributed by atoms with van der Waals surface area (Å²) < 4.78 is 5.29. The second-order valence-corrected chi connectivity index (χ2v) is 9.81. The Morgan fingerprint density at radius 1 is 1.18 bits per heavy atom. The van der Waals surface area contributed by atoms with Gasteiger partial charge in [0.25, 0.3) is 5.91 Å². The summed E-state index contributed by atoms with van der Waals surface area (Å²) in [5.41, 5.74) is 1.55. The highest BCUT2D eigenvalue weighted by Crippen LogP contribution is 2.24. The largest absolute Gasteiger partial charge is 0.450 e. The van der Waals surface area contributed by atoms with Gasteiger partial charge in [0, 0.05) is 26.2 Å². The lowest BCUT2D eigenvalue weighted by Gasteiger charge is -2.32. The Balaban J connectivity index is 1.47. The number of ether oxygens (including phenoxy) is 1. The molecule has 1 fully saturated rings. The summed E-state index contributed by atoms with van der Waals surface area (Å²) in [6.45, 7) is 8.07. The third-order valence-electron chi connectivity index (χ3n) is 5.64. The Bertz CT molecular complexity index is 1090. The van der Waals surface area contributed by atoms with Crippen LogP contribution in [0.3, 0.4) is 0 Å². The van der Waals surface area contributed by atoms with Crippen molar-refractivity contribution in [3.8, 4) is 0 Å². The number of piperazine rings is 1. The molecular weight excluding hydrogens is 454 g/mol. The summed E-state index contributed by atoms with van der Waals surface area (Å²) in [6, 6.07) is 7.52.